The molecule has 2 saturated heterocycles. The Morgan fingerprint density at radius 3 is 2.86 bits per heavy atom. The van der Waals surface area contributed by atoms with Gasteiger partial charge in [0.1, 0.15) is 0 Å². The molecular formula is C10H18N2O2. The molecule has 0 aromatic heterocycles. The summed E-state index contributed by atoms with van der Waals surface area (Å²) in [5, 5.41) is 6.09. The molecule has 0 aliphatic carbocycles. The molecule has 2 heterocycles. The maximum Gasteiger partial charge on any atom is 0.225 e. The molecular weight excluding hydrogens is 180 g/mol. The number of rotatable bonds is 3. The first kappa shape index (κ1) is 9.93. The summed E-state index contributed by atoms with van der Waals surface area (Å²) in [6.45, 7) is 5.36. The topological polar surface area (TPSA) is 50.4 Å². The van der Waals surface area contributed by atoms with Gasteiger partial charge in [0.25, 0.3) is 0 Å². The summed E-state index contributed by atoms with van der Waals surface area (Å²) in [4.78, 5) is 11.5. The molecule has 2 fully saturated rings. The molecule has 4 heteroatoms. The quantitative estimate of drug-likeness (QED) is 0.657. The predicted molar refractivity (Wildman–Crippen MR) is 52.9 cm³/mol. The highest BCUT2D eigenvalue weighted by molar-refractivity contribution is 5.79. The fraction of sp³-hybridized carbons (Fsp3) is 0.900. The zero-order valence-electron chi connectivity index (χ0n) is 8.58. The second-order valence-electron chi connectivity index (χ2n) is 4.22. The van der Waals surface area contributed by atoms with E-state index in [1.165, 1.54) is 0 Å². The average molecular weight is 198 g/mol. The third-order valence-corrected chi connectivity index (χ3v) is 3.22. The van der Waals surface area contributed by atoms with E-state index in [9.17, 15) is 4.79 Å². The van der Waals surface area contributed by atoms with E-state index in [2.05, 4.69) is 17.6 Å². The lowest BCUT2D eigenvalue weighted by molar-refractivity contribution is -0.126. The SMILES string of the molecule is CC1OCCC1CNC(=O)C1CNC1. The third kappa shape index (κ3) is 2.07. The smallest absolute Gasteiger partial charge is 0.225 e. The van der Waals surface area contributed by atoms with E-state index in [0.717, 1.165) is 32.7 Å². The Labute approximate surface area is 84.4 Å². The lowest BCUT2D eigenvalue weighted by Crippen LogP contribution is -2.51. The van der Waals surface area contributed by atoms with Gasteiger partial charge in [0.2, 0.25) is 5.91 Å². The van der Waals surface area contributed by atoms with Gasteiger partial charge in [-0.05, 0) is 13.3 Å². The van der Waals surface area contributed by atoms with Crippen LogP contribution in [0.3, 0.4) is 0 Å². The van der Waals surface area contributed by atoms with Crippen LogP contribution in [0.5, 0.6) is 0 Å². The number of amides is 1. The van der Waals surface area contributed by atoms with Gasteiger partial charge in [-0.15, -0.1) is 0 Å². The Morgan fingerprint density at radius 2 is 2.36 bits per heavy atom. The maximum atomic E-state index is 11.5. The molecule has 80 valence electrons. The van der Waals surface area contributed by atoms with Crippen LogP contribution < -0.4 is 10.6 Å². The van der Waals surface area contributed by atoms with Crippen LogP contribution in [0.15, 0.2) is 0 Å². The van der Waals surface area contributed by atoms with E-state index in [4.69, 9.17) is 4.74 Å². The first-order valence-electron chi connectivity index (χ1n) is 5.37. The molecule has 2 aliphatic heterocycles. The number of carbonyl (C=O) groups is 1. The molecule has 2 aliphatic rings. The fourth-order valence-corrected chi connectivity index (χ4v) is 1.89. The molecule has 0 bridgehead atoms. The number of nitrogens with one attached hydrogen (secondary N) is 2. The molecule has 4 nitrogen and oxygen atoms in total. The third-order valence-electron chi connectivity index (χ3n) is 3.22. The second-order valence-corrected chi connectivity index (χ2v) is 4.22. The number of ether oxygens (including phenoxy) is 1. The van der Waals surface area contributed by atoms with Crippen molar-refractivity contribution in [3.8, 4) is 0 Å². The fourth-order valence-electron chi connectivity index (χ4n) is 1.89. The molecule has 1 amide bonds. The number of hydrogen-bond donors (Lipinski definition) is 2. The van der Waals surface area contributed by atoms with Crippen molar-refractivity contribution in [2.45, 2.75) is 19.4 Å². The van der Waals surface area contributed by atoms with E-state index in [0.29, 0.717) is 12.0 Å². The van der Waals surface area contributed by atoms with Crippen LogP contribution in [-0.2, 0) is 9.53 Å². The summed E-state index contributed by atoms with van der Waals surface area (Å²) < 4.78 is 5.43. The van der Waals surface area contributed by atoms with Crippen molar-refractivity contribution in [3.05, 3.63) is 0 Å². The van der Waals surface area contributed by atoms with Crippen LogP contribution in [0.1, 0.15) is 13.3 Å². The summed E-state index contributed by atoms with van der Waals surface area (Å²) in [6, 6.07) is 0. The predicted octanol–water partition coefficient (Wildman–Crippen LogP) is -0.253. The maximum absolute atomic E-state index is 11.5. The molecule has 2 rings (SSSR count). The van der Waals surface area contributed by atoms with Gasteiger partial charge in [0.05, 0.1) is 12.0 Å². The van der Waals surface area contributed by atoms with Crippen LogP contribution >= 0.6 is 0 Å². The summed E-state index contributed by atoms with van der Waals surface area (Å²) in [5.74, 6) is 0.905. The number of hydrogen-bond acceptors (Lipinski definition) is 3. The van der Waals surface area contributed by atoms with Gasteiger partial charge < -0.3 is 15.4 Å². The Balaban J connectivity index is 1.68. The Kier molecular flexibility index (Phi) is 3.03. The van der Waals surface area contributed by atoms with Crippen molar-refractivity contribution in [3.63, 3.8) is 0 Å². The molecule has 0 aromatic carbocycles. The van der Waals surface area contributed by atoms with Crippen LogP contribution in [-0.4, -0.2) is 38.3 Å². The Bertz CT molecular complexity index is 216. The average Bonchev–Trinajstić information content (AvgIpc) is 2.44. The van der Waals surface area contributed by atoms with Gasteiger partial charge in [0.15, 0.2) is 0 Å². The summed E-state index contributed by atoms with van der Waals surface area (Å²) in [7, 11) is 0. The molecule has 0 saturated carbocycles. The van der Waals surface area contributed by atoms with Crippen LogP contribution in [0, 0.1) is 11.8 Å². The highest BCUT2D eigenvalue weighted by Crippen LogP contribution is 2.19. The largest absolute Gasteiger partial charge is 0.378 e. The minimum absolute atomic E-state index is 0.197. The van der Waals surface area contributed by atoms with Crippen LogP contribution in [0.4, 0.5) is 0 Å². The minimum Gasteiger partial charge on any atom is -0.378 e. The lowest BCUT2D eigenvalue weighted by atomic mass is 10.00. The minimum atomic E-state index is 0.197. The lowest BCUT2D eigenvalue weighted by Gasteiger charge is -2.26. The summed E-state index contributed by atoms with van der Waals surface area (Å²) in [6.07, 6.45) is 1.37. The van der Waals surface area contributed by atoms with Gasteiger partial charge in [-0.2, -0.15) is 0 Å². The van der Waals surface area contributed by atoms with Gasteiger partial charge in [-0.3, -0.25) is 4.79 Å². The standard InChI is InChI=1S/C10H18N2O2/c1-7-8(2-3-14-7)6-12-10(13)9-4-11-5-9/h7-9,11H,2-6H2,1H3,(H,12,13). The molecule has 14 heavy (non-hydrogen) atoms. The van der Waals surface area contributed by atoms with Crippen molar-refractivity contribution >= 4 is 5.91 Å². The van der Waals surface area contributed by atoms with Crippen molar-refractivity contribution in [2.24, 2.45) is 11.8 Å². The van der Waals surface area contributed by atoms with E-state index >= 15 is 0 Å². The molecule has 0 aromatic rings. The van der Waals surface area contributed by atoms with E-state index < -0.39 is 0 Å². The van der Waals surface area contributed by atoms with Crippen molar-refractivity contribution in [1.29, 1.82) is 0 Å². The zero-order valence-corrected chi connectivity index (χ0v) is 8.58. The normalized spacial score (nSPS) is 32.6. The molecule has 2 atom stereocenters. The monoisotopic (exact) mass is 198 g/mol. The highest BCUT2D eigenvalue weighted by Gasteiger charge is 2.28. The van der Waals surface area contributed by atoms with Crippen molar-refractivity contribution in [2.75, 3.05) is 26.2 Å². The van der Waals surface area contributed by atoms with E-state index in [1.807, 2.05) is 0 Å². The second kappa shape index (κ2) is 4.28. The van der Waals surface area contributed by atoms with E-state index in [1.54, 1.807) is 0 Å². The van der Waals surface area contributed by atoms with Gasteiger partial charge in [-0.25, -0.2) is 0 Å². The zero-order chi connectivity index (χ0) is 9.97. The van der Waals surface area contributed by atoms with Crippen molar-refractivity contribution in [1.82, 2.24) is 10.6 Å². The van der Waals surface area contributed by atoms with E-state index in [-0.39, 0.29) is 11.8 Å². The van der Waals surface area contributed by atoms with Crippen LogP contribution in [0.2, 0.25) is 0 Å². The summed E-state index contributed by atoms with van der Waals surface area (Å²) >= 11 is 0. The summed E-state index contributed by atoms with van der Waals surface area (Å²) in [5.41, 5.74) is 0. The molecule has 2 N–H and O–H groups in total. The molecule has 0 spiro atoms. The van der Waals surface area contributed by atoms with Gasteiger partial charge >= 0.3 is 0 Å². The van der Waals surface area contributed by atoms with Gasteiger partial charge in [0, 0.05) is 32.2 Å². The Morgan fingerprint density at radius 1 is 1.57 bits per heavy atom. The van der Waals surface area contributed by atoms with Crippen molar-refractivity contribution < 1.29 is 9.53 Å². The van der Waals surface area contributed by atoms with Crippen LogP contribution in [0.25, 0.3) is 0 Å². The first-order valence-corrected chi connectivity index (χ1v) is 5.37. The number of carbonyl (C=O) groups excluding carboxylic acids is 1. The highest BCUT2D eigenvalue weighted by atomic mass is 16.5. The van der Waals surface area contributed by atoms with Gasteiger partial charge in [-0.1, -0.05) is 0 Å². The molecule has 0 radical (unpaired) electrons. The Hall–Kier alpha value is -0.610. The molecule has 2 unspecified atom stereocenters. The first-order chi connectivity index (χ1) is 6.77.